The normalized spacial score (nSPS) is 15.2. The molecule has 1 fully saturated rings. The molecule has 30 heavy (non-hydrogen) atoms. The SMILES string of the molecule is CCSc1ncc(OC)c(NCCCN2CCC(Oc3ccc(Cl)c(Cl)c3)CC2)n1. The first kappa shape index (κ1) is 23.3. The third kappa shape index (κ3) is 6.80. The fourth-order valence-corrected chi connectivity index (χ4v) is 4.16. The van der Waals surface area contributed by atoms with E-state index in [1.54, 1.807) is 37.2 Å². The highest BCUT2D eigenvalue weighted by molar-refractivity contribution is 7.99. The van der Waals surface area contributed by atoms with E-state index in [2.05, 4.69) is 27.1 Å². The molecule has 1 aromatic heterocycles. The van der Waals surface area contributed by atoms with E-state index in [9.17, 15) is 0 Å². The van der Waals surface area contributed by atoms with Gasteiger partial charge in [-0.15, -0.1) is 0 Å². The van der Waals surface area contributed by atoms with Crippen molar-refractivity contribution in [3.63, 3.8) is 0 Å². The van der Waals surface area contributed by atoms with Crippen molar-refractivity contribution in [1.82, 2.24) is 14.9 Å². The highest BCUT2D eigenvalue weighted by Crippen LogP contribution is 2.28. The zero-order chi connectivity index (χ0) is 21.3. The monoisotopic (exact) mass is 470 g/mol. The Morgan fingerprint density at radius 3 is 2.73 bits per heavy atom. The summed E-state index contributed by atoms with van der Waals surface area (Å²) in [7, 11) is 1.64. The molecule has 6 nitrogen and oxygen atoms in total. The predicted molar refractivity (Wildman–Crippen MR) is 125 cm³/mol. The minimum atomic E-state index is 0.219. The number of piperidine rings is 1. The van der Waals surface area contributed by atoms with Gasteiger partial charge in [0.2, 0.25) is 0 Å². The van der Waals surface area contributed by atoms with E-state index in [1.165, 1.54) is 0 Å². The number of methoxy groups -OCH3 is 1. The van der Waals surface area contributed by atoms with Gasteiger partial charge < -0.3 is 19.7 Å². The van der Waals surface area contributed by atoms with E-state index in [-0.39, 0.29) is 6.10 Å². The molecule has 1 aliphatic heterocycles. The van der Waals surface area contributed by atoms with Crippen LogP contribution in [0.25, 0.3) is 0 Å². The van der Waals surface area contributed by atoms with E-state index in [0.717, 1.165) is 67.9 Å². The summed E-state index contributed by atoms with van der Waals surface area (Å²) in [4.78, 5) is 11.3. The summed E-state index contributed by atoms with van der Waals surface area (Å²) in [5.74, 6) is 3.16. The standard InChI is InChI=1S/C21H28Cl2N4O2S/c1-3-30-21-25-14-19(28-2)20(26-21)24-9-4-10-27-11-7-15(8-12-27)29-16-5-6-17(22)18(23)13-16/h5-6,13-15H,3-4,7-12H2,1-2H3,(H,24,25,26). The molecule has 1 saturated heterocycles. The molecule has 2 aromatic rings. The minimum absolute atomic E-state index is 0.219. The molecule has 0 bridgehead atoms. The van der Waals surface area contributed by atoms with Gasteiger partial charge in [0, 0.05) is 25.7 Å². The first-order chi connectivity index (χ1) is 14.6. The number of rotatable bonds is 10. The summed E-state index contributed by atoms with van der Waals surface area (Å²) in [5.41, 5.74) is 0. The molecule has 2 heterocycles. The first-order valence-corrected chi connectivity index (χ1v) is 11.9. The molecule has 0 radical (unpaired) electrons. The molecule has 0 spiro atoms. The summed E-state index contributed by atoms with van der Waals surface area (Å²) < 4.78 is 11.4. The van der Waals surface area contributed by atoms with Gasteiger partial charge in [0.1, 0.15) is 11.9 Å². The first-order valence-electron chi connectivity index (χ1n) is 10.2. The molecule has 9 heteroatoms. The molecule has 0 unspecified atom stereocenters. The molecule has 0 saturated carbocycles. The topological polar surface area (TPSA) is 59.5 Å². The van der Waals surface area contributed by atoms with Crippen molar-refractivity contribution < 1.29 is 9.47 Å². The number of likely N-dealkylation sites (tertiary alicyclic amines) is 1. The zero-order valence-corrected chi connectivity index (χ0v) is 19.7. The Morgan fingerprint density at radius 2 is 2.03 bits per heavy atom. The van der Waals surface area contributed by atoms with E-state index in [1.807, 2.05) is 6.07 Å². The second kappa shape index (κ2) is 11.8. The number of nitrogens with one attached hydrogen (secondary N) is 1. The predicted octanol–water partition coefficient (Wildman–Crippen LogP) is 5.25. The van der Waals surface area contributed by atoms with Gasteiger partial charge in [0.25, 0.3) is 0 Å². The van der Waals surface area contributed by atoms with Crippen molar-refractivity contribution in [1.29, 1.82) is 0 Å². The Balaban J connectivity index is 1.38. The van der Waals surface area contributed by atoms with Crippen LogP contribution < -0.4 is 14.8 Å². The zero-order valence-electron chi connectivity index (χ0n) is 17.4. The Hall–Kier alpha value is -1.41. The molecule has 1 aromatic carbocycles. The number of hydrogen-bond acceptors (Lipinski definition) is 7. The maximum absolute atomic E-state index is 6.07. The van der Waals surface area contributed by atoms with Crippen LogP contribution in [0.3, 0.4) is 0 Å². The Morgan fingerprint density at radius 1 is 1.23 bits per heavy atom. The van der Waals surface area contributed by atoms with E-state index >= 15 is 0 Å². The number of nitrogens with zero attached hydrogens (tertiary/aromatic N) is 3. The maximum Gasteiger partial charge on any atom is 0.189 e. The van der Waals surface area contributed by atoms with Crippen LogP contribution in [-0.4, -0.2) is 60.0 Å². The van der Waals surface area contributed by atoms with Crippen LogP contribution in [-0.2, 0) is 0 Å². The van der Waals surface area contributed by atoms with Crippen molar-refractivity contribution in [3.8, 4) is 11.5 Å². The fourth-order valence-electron chi connectivity index (χ4n) is 3.33. The summed E-state index contributed by atoms with van der Waals surface area (Å²) in [6.45, 7) is 6.02. The molecule has 0 atom stereocenters. The summed E-state index contributed by atoms with van der Waals surface area (Å²) in [6, 6.07) is 5.43. The van der Waals surface area contributed by atoms with Crippen molar-refractivity contribution >= 4 is 40.8 Å². The second-order valence-electron chi connectivity index (χ2n) is 7.02. The Kier molecular flexibility index (Phi) is 9.18. The molecular weight excluding hydrogens is 443 g/mol. The lowest BCUT2D eigenvalue weighted by molar-refractivity contribution is 0.100. The minimum Gasteiger partial charge on any atom is -0.491 e. The maximum atomic E-state index is 6.07. The second-order valence-corrected chi connectivity index (χ2v) is 9.06. The number of anilines is 1. The van der Waals surface area contributed by atoms with Gasteiger partial charge in [-0.2, -0.15) is 0 Å². The van der Waals surface area contributed by atoms with Crippen LogP contribution in [0.4, 0.5) is 5.82 Å². The molecule has 0 aliphatic carbocycles. The molecular formula is C21H28Cl2N4O2S. The van der Waals surface area contributed by atoms with Crippen LogP contribution in [0.2, 0.25) is 10.0 Å². The van der Waals surface area contributed by atoms with E-state index < -0.39 is 0 Å². The molecule has 1 aliphatic rings. The summed E-state index contributed by atoms with van der Waals surface area (Å²) in [5, 5.41) is 5.23. The van der Waals surface area contributed by atoms with Gasteiger partial charge in [-0.05, 0) is 43.7 Å². The molecule has 1 N–H and O–H groups in total. The largest absolute Gasteiger partial charge is 0.491 e. The third-order valence-corrected chi connectivity index (χ3v) is 6.38. The number of benzene rings is 1. The lowest BCUT2D eigenvalue weighted by Gasteiger charge is -2.32. The van der Waals surface area contributed by atoms with Crippen molar-refractivity contribution in [2.75, 3.05) is 44.4 Å². The summed E-state index contributed by atoms with van der Waals surface area (Å²) in [6.07, 6.45) is 4.99. The van der Waals surface area contributed by atoms with Gasteiger partial charge in [-0.3, -0.25) is 0 Å². The van der Waals surface area contributed by atoms with Crippen LogP contribution in [0, 0.1) is 0 Å². The van der Waals surface area contributed by atoms with Crippen LogP contribution in [0.5, 0.6) is 11.5 Å². The van der Waals surface area contributed by atoms with Crippen molar-refractivity contribution in [2.24, 2.45) is 0 Å². The molecule has 3 rings (SSSR count). The van der Waals surface area contributed by atoms with Gasteiger partial charge in [0.15, 0.2) is 16.7 Å². The number of halogens is 2. The fraction of sp³-hybridized carbons (Fsp3) is 0.524. The Labute approximate surface area is 192 Å². The number of ether oxygens (including phenoxy) is 2. The smallest absolute Gasteiger partial charge is 0.189 e. The summed E-state index contributed by atoms with van der Waals surface area (Å²) >= 11 is 13.7. The molecule has 0 amide bonds. The third-order valence-electron chi connectivity index (χ3n) is 4.90. The van der Waals surface area contributed by atoms with Crippen LogP contribution in [0.15, 0.2) is 29.6 Å². The number of aromatic nitrogens is 2. The quantitative estimate of drug-likeness (QED) is 0.289. The highest BCUT2D eigenvalue weighted by Gasteiger charge is 2.20. The lowest BCUT2D eigenvalue weighted by atomic mass is 10.1. The van der Waals surface area contributed by atoms with Crippen LogP contribution >= 0.6 is 35.0 Å². The van der Waals surface area contributed by atoms with E-state index in [0.29, 0.717) is 15.8 Å². The van der Waals surface area contributed by atoms with E-state index in [4.69, 9.17) is 32.7 Å². The average Bonchev–Trinajstić information content (AvgIpc) is 2.75. The van der Waals surface area contributed by atoms with Gasteiger partial charge in [0.05, 0.1) is 23.4 Å². The van der Waals surface area contributed by atoms with Gasteiger partial charge in [-0.25, -0.2) is 9.97 Å². The van der Waals surface area contributed by atoms with Gasteiger partial charge >= 0.3 is 0 Å². The number of hydrogen-bond donors (Lipinski definition) is 1. The highest BCUT2D eigenvalue weighted by atomic mass is 35.5. The average molecular weight is 471 g/mol. The van der Waals surface area contributed by atoms with Gasteiger partial charge in [-0.1, -0.05) is 41.9 Å². The molecule has 164 valence electrons. The lowest BCUT2D eigenvalue weighted by Crippen LogP contribution is -2.39. The number of thioether (sulfide) groups is 1. The Bertz CT molecular complexity index is 820. The van der Waals surface area contributed by atoms with Crippen LogP contribution in [0.1, 0.15) is 26.2 Å². The van der Waals surface area contributed by atoms with Crippen molar-refractivity contribution in [3.05, 3.63) is 34.4 Å². The van der Waals surface area contributed by atoms with Crippen molar-refractivity contribution in [2.45, 2.75) is 37.4 Å².